The van der Waals surface area contributed by atoms with Crippen LogP contribution in [0.5, 0.6) is 0 Å². The van der Waals surface area contributed by atoms with Gasteiger partial charge in [-0.2, -0.15) is 0 Å². The standard InChI is InChI=1S/C22H32ClN3O4/c1-22(2,3)17-8-10-18(11-9-17)26(21(30)25-23)14-15-4-6-16(7-5-15)20(29)24-13-12-19(27)28/h4-7,17-18H,8-14H2,1-3H3,(H,24,29)(H,25,30)(H,27,28). The molecule has 0 aliphatic heterocycles. The molecule has 2 rings (SSSR count). The number of urea groups is 1. The van der Waals surface area contributed by atoms with Gasteiger partial charge in [0, 0.05) is 36.5 Å². The summed E-state index contributed by atoms with van der Waals surface area (Å²) in [5.74, 6) is -0.632. The highest BCUT2D eigenvalue weighted by atomic mass is 35.5. The van der Waals surface area contributed by atoms with E-state index in [1.54, 1.807) is 29.2 Å². The van der Waals surface area contributed by atoms with Gasteiger partial charge in [0.25, 0.3) is 5.91 Å². The van der Waals surface area contributed by atoms with E-state index in [4.69, 9.17) is 16.9 Å². The van der Waals surface area contributed by atoms with Crippen LogP contribution in [-0.4, -0.2) is 40.5 Å². The second-order valence-corrected chi connectivity index (χ2v) is 9.18. The number of nitrogens with one attached hydrogen (secondary N) is 2. The molecule has 30 heavy (non-hydrogen) atoms. The van der Waals surface area contributed by atoms with Gasteiger partial charge in [0.1, 0.15) is 0 Å². The van der Waals surface area contributed by atoms with Crippen molar-refractivity contribution in [2.75, 3.05) is 6.54 Å². The van der Waals surface area contributed by atoms with Gasteiger partial charge in [0.05, 0.1) is 6.42 Å². The van der Waals surface area contributed by atoms with Crippen LogP contribution in [0.1, 0.15) is 68.8 Å². The summed E-state index contributed by atoms with van der Waals surface area (Å²) in [5.41, 5.74) is 1.62. The van der Waals surface area contributed by atoms with Crippen LogP contribution in [0.15, 0.2) is 24.3 Å². The van der Waals surface area contributed by atoms with Gasteiger partial charge in [-0.25, -0.2) is 9.63 Å². The quantitative estimate of drug-likeness (QED) is 0.557. The third-order valence-electron chi connectivity index (χ3n) is 5.90. The van der Waals surface area contributed by atoms with Gasteiger partial charge >= 0.3 is 12.0 Å². The first kappa shape index (κ1) is 24.0. The zero-order valence-corrected chi connectivity index (χ0v) is 18.7. The zero-order valence-electron chi connectivity index (χ0n) is 17.9. The fraction of sp³-hybridized carbons (Fsp3) is 0.591. The lowest BCUT2D eigenvalue weighted by Crippen LogP contribution is -2.45. The van der Waals surface area contributed by atoms with Gasteiger partial charge in [0.15, 0.2) is 0 Å². The molecule has 1 fully saturated rings. The van der Waals surface area contributed by atoms with E-state index in [1.165, 1.54) is 0 Å². The van der Waals surface area contributed by atoms with Crippen LogP contribution in [0.2, 0.25) is 0 Å². The number of hydrogen-bond donors (Lipinski definition) is 3. The lowest BCUT2D eigenvalue weighted by Gasteiger charge is -2.40. The smallest absolute Gasteiger partial charge is 0.332 e. The number of nitrogens with zero attached hydrogens (tertiary/aromatic N) is 1. The summed E-state index contributed by atoms with van der Waals surface area (Å²) in [6.45, 7) is 7.28. The summed E-state index contributed by atoms with van der Waals surface area (Å²) < 4.78 is 0. The van der Waals surface area contributed by atoms with E-state index in [1.807, 2.05) is 0 Å². The van der Waals surface area contributed by atoms with Crippen LogP contribution in [-0.2, 0) is 11.3 Å². The number of hydrogen-bond acceptors (Lipinski definition) is 3. The maximum atomic E-state index is 12.4. The maximum Gasteiger partial charge on any atom is 0.332 e. The molecule has 3 N–H and O–H groups in total. The molecule has 166 valence electrons. The molecule has 1 aromatic carbocycles. The SMILES string of the molecule is CC(C)(C)C1CCC(N(Cc2ccc(C(=O)NCCC(=O)O)cc2)C(=O)NCl)CC1. The van der Waals surface area contributed by atoms with Gasteiger partial charge in [-0.05, 0) is 54.7 Å². The highest BCUT2D eigenvalue weighted by Crippen LogP contribution is 2.39. The topological polar surface area (TPSA) is 98.7 Å². The third kappa shape index (κ3) is 6.90. The molecule has 1 aliphatic rings. The van der Waals surface area contributed by atoms with Crippen LogP contribution in [0.3, 0.4) is 0 Å². The molecule has 0 heterocycles. The van der Waals surface area contributed by atoms with Gasteiger partial charge in [-0.15, -0.1) is 0 Å². The largest absolute Gasteiger partial charge is 0.481 e. The van der Waals surface area contributed by atoms with Crippen LogP contribution in [0.25, 0.3) is 0 Å². The highest BCUT2D eigenvalue weighted by Gasteiger charge is 2.33. The molecule has 1 aromatic rings. The van der Waals surface area contributed by atoms with Crippen LogP contribution >= 0.6 is 11.8 Å². The van der Waals surface area contributed by atoms with E-state index >= 15 is 0 Å². The molecular weight excluding hydrogens is 406 g/mol. The minimum Gasteiger partial charge on any atom is -0.481 e. The van der Waals surface area contributed by atoms with Crippen molar-refractivity contribution >= 4 is 29.7 Å². The number of rotatable bonds is 7. The number of carbonyl (C=O) groups excluding carboxylic acids is 2. The second kappa shape index (κ2) is 10.7. The van der Waals surface area contributed by atoms with E-state index < -0.39 is 5.97 Å². The van der Waals surface area contributed by atoms with Crippen molar-refractivity contribution in [1.82, 2.24) is 15.1 Å². The van der Waals surface area contributed by atoms with E-state index in [-0.39, 0.29) is 36.4 Å². The summed E-state index contributed by atoms with van der Waals surface area (Å²) >= 11 is 5.64. The Morgan fingerprint density at radius 3 is 2.20 bits per heavy atom. The number of halogens is 1. The first-order valence-corrected chi connectivity index (χ1v) is 10.8. The van der Waals surface area contributed by atoms with E-state index in [2.05, 4.69) is 30.9 Å². The first-order chi connectivity index (χ1) is 14.1. The van der Waals surface area contributed by atoms with E-state index in [0.717, 1.165) is 31.2 Å². The summed E-state index contributed by atoms with van der Waals surface area (Å²) in [6, 6.07) is 6.79. The van der Waals surface area contributed by atoms with Crippen molar-refractivity contribution in [1.29, 1.82) is 0 Å². The monoisotopic (exact) mass is 437 g/mol. The number of carboxylic acids is 1. The summed E-state index contributed by atoms with van der Waals surface area (Å²) in [7, 11) is 0. The predicted octanol–water partition coefficient (Wildman–Crippen LogP) is 4.16. The van der Waals surface area contributed by atoms with Crippen molar-refractivity contribution < 1.29 is 19.5 Å². The van der Waals surface area contributed by atoms with Gasteiger partial charge < -0.3 is 15.3 Å². The van der Waals surface area contributed by atoms with Gasteiger partial charge in [0.2, 0.25) is 0 Å². The molecule has 1 saturated carbocycles. The van der Waals surface area contributed by atoms with Crippen LogP contribution in [0, 0.1) is 11.3 Å². The van der Waals surface area contributed by atoms with Gasteiger partial charge in [-0.1, -0.05) is 32.9 Å². The molecule has 3 amide bonds. The second-order valence-electron chi connectivity index (χ2n) is 9.00. The minimum atomic E-state index is -0.958. The Balaban J connectivity index is 1.99. The molecule has 0 aromatic heterocycles. The van der Waals surface area contributed by atoms with E-state index in [9.17, 15) is 14.4 Å². The van der Waals surface area contributed by atoms with Crippen molar-refractivity contribution in [2.45, 2.75) is 65.5 Å². The third-order valence-corrected chi connectivity index (χ3v) is 6.06. The summed E-state index contributed by atoms with van der Waals surface area (Å²) in [4.78, 5) is 39.0. The molecule has 0 spiro atoms. The lowest BCUT2D eigenvalue weighted by molar-refractivity contribution is -0.136. The average Bonchev–Trinajstić information content (AvgIpc) is 2.71. The molecule has 0 atom stereocenters. The van der Waals surface area contributed by atoms with Gasteiger partial charge in [-0.3, -0.25) is 9.59 Å². The number of carbonyl (C=O) groups is 3. The van der Waals surface area contributed by atoms with Crippen molar-refractivity contribution in [3.8, 4) is 0 Å². The molecule has 7 nitrogen and oxygen atoms in total. The number of amides is 3. The Morgan fingerprint density at radius 2 is 1.70 bits per heavy atom. The molecular formula is C22H32ClN3O4. The average molecular weight is 438 g/mol. The Kier molecular flexibility index (Phi) is 8.53. The molecule has 8 heteroatoms. The molecule has 0 radical (unpaired) electrons. The Labute approximate surface area is 183 Å². The first-order valence-electron chi connectivity index (χ1n) is 10.4. The zero-order chi connectivity index (χ0) is 22.3. The Hall–Kier alpha value is -2.28. The number of benzene rings is 1. The van der Waals surface area contributed by atoms with Crippen molar-refractivity contribution in [3.63, 3.8) is 0 Å². The number of aliphatic carboxylic acids is 1. The number of carboxylic acid groups (broad SMARTS) is 1. The maximum absolute atomic E-state index is 12.4. The van der Waals surface area contributed by atoms with Crippen LogP contribution < -0.4 is 10.2 Å². The summed E-state index contributed by atoms with van der Waals surface area (Å²) in [5, 5.41) is 11.2. The summed E-state index contributed by atoms with van der Waals surface area (Å²) in [6.07, 6.45) is 3.92. The highest BCUT2D eigenvalue weighted by molar-refractivity contribution is 6.21. The Bertz CT molecular complexity index is 738. The Morgan fingerprint density at radius 1 is 1.10 bits per heavy atom. The lowest BCUT2D eigenvalue weighted by atomic mass is 9.71. The van der Waals surface area contributed by atoms with E-state index in [0.29, 0.717) is 18.0 Å². The molecule has 0 bridgehead atoms. The fourth-order valence-electron chi connectivity index (χ4n) is 4.02. The normalized spacial score (nSPS) is 19.1. The molecule has 0 unspecified atom stereocenters. The van der Waals surface area contributed by atoms with Crippen LogP contribution in [0.4, 0.5) is 4.79 Å². The van der Waals surface area contributed by atoms with Crippen molar-refractivity contribution in [2.24, 2.45) is 11.3 Å². The molecule has 0 saturated heterocycles. The molecule has 1 aliphatic carbocycles. The minimum absolute atomic E-state index is 0.0802. The predicted molar refractivity (Wildman–Crippen MR) is 116 cm³/mol. The van der Waals surface area contributed by atoms with Crippen molar-refractivity contribution in [3.05, 3.63) is 35.4 Å². The fourth-order valence-corrected chi connectivity index (χ4v) is 4.13.